The number of likely N-dealkylation sites (tertiary alicyclic amines) is 1. The summed E-state index contributed by atoms with van der Waals surface area (Å²) in [6.07, 6.45) is 3.43. The first-order chi connectivity index (χ1) is 12.0. The van der Waals surface area contributed by atoms with Crippen LogP contribution in [0.3, 0.4) is 0 Å². The van der Waals surface area contributed by atoms with Crippen molar-refractivity contribution in [1.82, 2.24) is 4.90 Å². The predicted octanol–water partition coefficient (Wildman–Crippen LogP) is 3.65. The molecule has 2 rings (SSSR count). The van der Waals surface area contributed by atoms with E-state index in [1.165, 1.54) is 6.08 Å². The first-order valence-corrected chi connectivity index (χ1v) is 8.84. The molecule has 0 spiro atoms. The molecule has 26 heavy (non-hydrogen) atoms. The summed E-state index contributed by atoms with van der Waals surface area (Å²) in [7, 11) is 0. The zero-order chi connectivity index (χ0) is 19.5. The second kappa shape index (κ2) is 7.62. The maximum Gasteiger partial charge on any atom is 0.331 e. The molecule has 1 aliphatic heterocycles. The van der Waals surface area contributed by atoms with Crippen molar-refractivity contribution in [2.24, 2.45) is 0 Å². The standard InChI is InChI=1S/C20H24ClNO4/c1-19(2)11-16(23)12-20(3,4)22(19)17(24)13-26-18(25)9-8-14-6-5-7-15(21)10-14/h5-10H,11-13H2,1-4H3/b9-8+. The van der Waals surface area contributed by atoms with Gasteiger partial charge >= 0.3 is 5.97 Å². The van der Waals surface area contributed by atoms with Crippen molar-refractivity contribution in [3.8, 4) is 0 Å². The van der Waals surface area contributed by atoms with Gasteiger partial charge in [0.1, 0.15) is 5.78 Å². The molecule has 0 atom stereocenters. The molecule has 1 aromatic carbocycles. The Kier molecular flexibility index (Phi) is 5.91. The maximum absolute atomic E-state index is 12.7. The minimum atomic E-state index is -0.612. The summed E-state index contributed by atoms with van der Waals surface area (Å²) in [5.41, 5.74) is -0.463. The number of ketones is 1. The van der Waals surface area contributed by atoms with Crippen LogP contribution in [0.1, 0.15) is 46.1 Å². The van der Waals surface area contributed by atoms with Gasteiger partial charge in [0.15, 0.2) is 6.61 Å². The van der Waals surface area contributed by atoms with Crippen LogP contribution in [0.4, 0.5) is 0 Å². The molecule has 1 saturated heterocycles. The van der Waals surface area contributed by atoms with Crippen LogP contribution in [0.2, 0.25) is 5.02 Å². The van der Waals surface area contributed by atoms with Crippen LogP contribution in [-0.2, 0) is 19.1 Å². The van der Waals surface area contributed by atoms with E-state index in [2.05, 4.69) is 0 Å². The molecule has 0 aromatic heterocycles. The number of piperidine rings is 1. The number of hydrogen-bond donors (Lipinski definition) is 0. The molecule has 1 aliphatic rings. The Balaban J connectivity index is 1.99. The minimum Gasteiger partial charge on any atom is -0.452 e. The van der Waals surface area contributed by atoms with Crippen LogP contribution < -0.4 is 0 Å². The molecule has 1 fully saturated rings. The van der Waals surface area contributed by atoms with Crippen molar-refractivity contribution in [3.63, 3.8) is 0 Å². The lowest BCUT2D eigenvalue weighted by atomic mass is 9.79. The average Bonchev–Trinajstić information content (AvgIpc) is 2.48. The monoisotopic (exact) mass is 377 g/mol. The predicted molar refractivity (Wildman–Crippen MR) is 101 cm³/mol. The molecule has 0 bridgehead atoms. The molecule has 0 aliphatic carbocycles. The maximum atomic E-state index is 12.7. The van der Waals surface area contributed by atoms with Crippen molar-refractivity contribution in [2.45, 2.75) is 51.6 Å². The van der Waals surface area contributed by atoms with Gasteiger partial charge < -0.3 is 9.64 Å². The summed E-state index contributed by atoms with van der Waals surface area (Å²) in [6.45, 7) is 7.05. The van der Waals surface area contributed by atoms with E-state index in [-0.39, 0.29) is 18.3 Å². The number of amides is 1. The number of rotatable bonds is 4. The van der Waals surface area contributed by atoms with E-state index in [1.807, 2.05) is 27.7 Å². The second-order valence-corrected chi connectivity index (χ2v) is 8.18. The molecule has 5 nitrogen and oxygen atoms in total. The number of Topliss-reactive ketones (excluding diaryl/α,β-unsaturated/α-hetero) is 1. The molecular weight excluding hydrogens is 354 g/mol. The van der Waals surface area contributed by atoms with Gasteiger partial charge in [-0.3, -0.25) is 9.59 Å². The third-order valence-electron chi connectivity index (χ3n) is 4.32. The van der Waals surface area contributed by atoms with Crippen molar-refractivity contribution in [1.29, 1.82) is 0 Å². The van der Waals surface area contributed by atoms with E-state index in [0.717, 1.165) is 5.56 Å². The molecule has 0 N–H and O–H groups in total. The molecule has 0 unspecified atom stereocenters. The van der Waals surface area contributed by atoms with Gasteiger partial charge in [-0.25, -0.2) is 4.79 Å². The molecular formula is C20H24ClNO4. The summed E-state index contributed by atoms with van der Waals surface area (Å²) in [5, 5.41) is 0.569. The van der Waals surface area contributed by atoms with Crippen molar-refractivity contribution in [2.75, 3.05) is 6.61 Å². The number of esters is 1. The molecule has 0 saturated carbocycles. The van der Waals surface area contributed by atoms with E-state index >= 15 is 0 Å². The lowest BCUT2D eigenvalue weighted by Gasteiger charge is -2.51. The van der Waals surface area contributed by atoms with Gasteiger partial charge in [-0.05, 0) is 51.5 Å². The van der Waals surface area contributed by atoms with E-state index in [0.29, 0.717) is 17.9 Å². The molecule has 1 amide bonds. The number of benzene rings is 1. The molecule has 0 radical (unpaired) electrons. The SMILES string of the molecule is CC1(C)CC(=O)CC(C)(C)N1C(=O)COC(=O)/C=C/c1cccc(Cl)c1. The lowest BCUT2D eigenvalue weighted by molar-refractivity contribution is -0.161. The molecule has 140 valence electrons. The highest BCUT2D eigenvalue weighted by atomic mass is 35.5. The minimum absolute atomic E-state index is 0.130. The number of halogens is 1. The van der Waals surface area contributed by atoms with Gasteiger partial charge in [0.25, 0.3) is 5.91 Å². The Morgan fingerprint density at radius 1 is 1.19 bits per heavy atom. The first kappa shape index (κ1) is 20.2. The number of nitrogens with zero attached hydrogens (tertiary/aromatic N) is 1. The van der Waals surface area contributed by atoms with Gasteiger partial charge in [0, 0.05) is 35.0 Å². The quantitative estimate of drug-likeness (QED) is 0.593. The largest absolute Gasteiger partial charge is 0.452 e. The topological polar surface area (TPSA) is 63.7 Å². The van der Waals surface area contributed by atoms with E-state index in [1.54, 1.807) is 35.2 Å². The summed E-state index contributed by atoms with van der Waals surface area (Å²) in [4.78, 5) is 38.1. The van der Waals surface area contributed by atoms with E-state index in [9.17, 15) is 14.4 Å². The van der Waals surface area contributed by atoms with Crippen LogP contribution in [0.25, 0.3) is 6.08 Å². The van der Waals surface area contributed by atoms with Crippen molar-refractivity contribution in [3.05, 3.63) is 40.9 Å². The summed E-state index contributed by atoms with van der Waals surface area (Å²) in [5.74, 6) is -0.787. The number of carbonyl (C=O) groups is 3. The lowest BCUT2D eigenvalue weighted by Crippen LogP contribution is -2.63. The number of ether oxygens (including phenoxy) is 1. The second-order valence-electron chi connectivity index (χ2n) is 7.74. The summed E-state index contributed by atoms with van der Waals surface area (Å²) < 4.78 is 5.09. The van der Waals surface area contributed by atoms with E-state index < -0.39 is 17.0 Å². The zero-order valence-corrected chi connectivity index (χ0v) is 16.3. The summed E-state index contributed by atoms with van der Waals surface area (Å²) >= 11 is 5.89. The average molecular weight is 378 g/mol. The van der Waals surface area contributed by atoms with Crippen LogP contribution in [0.15, 0.2) is 30.3 Å². The highest BCUT2D eigenvalue weighted by Crippen LogP contribution is 2.36. The van der Waals surface area contributed by atoms with Crippen LogP contribution in [0.5, 0.6) is 0 Å². The van der Waals surface area contributed by atoms with Crippen molar-refractivity contribution >= 4 is 35.3 Å². The highest BCUT2D eigenvalue weighted by molar-refractivity contribution is 6.30. The first-order valence-electron chi connectivity index (χ1n) is 8.46. The Morgan fingerprint density at radius 2 is 1.81 bits per heavy atom. The van der Waals surface area contributed by atoms with Gasteiger partial charge in [0.2, 0.25) is 0 Å². The van der Waals surface area contributed by atoms with Gasteiger partial charge in [-0.1, -0.05) is 23.7 Å². The summed E-state index contributed by atoms with van der Waals surface area (Å²) in [6, 6.07) is 7.03. The molecule has 1 heterocycles. The normalized spacial score (nSPS) is 18.8. The Labute approximate surface area is 159 Å². The van der Waals surface area contributed by atoms with Crippen LogP contribution in [0, 0.1) is 0 Å². The molecule has 1 aromatic rings. The Morgan fingerprint density at radius 3 is 2.38 bits per heavy atom. The third-order valence-corrected chi connectivity index (χ3v) is 4.55. The zero-order valence-electron chi connectivity index (χ0n) is 15.5. The fraction of sp³-hybridized carbons (Fsp3) is 0.450. The Hall–Kier alpha value is -2.14. The fourth-order valence-corrected chi connectivity index (χ4v) is 3.90. The fourth-order valence-electron chi connectivity index (χ4n) is 3.70. The van der Waals surface area contributed by atoms with Crippen molar-refractivity contribution < 1.29 is 19.1 Å². The smallest absolute Gasteiger partial charge is 0.331 e. The van der Waals surface area contributed by atoms with Crippen LogP contribution >= 0.6 is 11.6 Å². The number of hydrogen-bond acceptors (Lipinski definition) is 4. The van der Waals surface area contributed by atoms with Gasteiger partial charge in [-0.15, -0.1) is 0 Å². The van der Waals surface area contributed by atoms with Crippen LogP contribution in [-0.4, -0.2) is 40.2 Å². The van der Waals surface area contributed by atoms with Gasteiger partial charge in [-0.2, -0.15) is 0 Å². The third kappa shape index (κ3) is 4.94. The Bertz CT molecular complexity index is 732. The van der Waals surface area contributed by atoms with E-state index in [4.69, 9.17) is 16.3 Å². The molecule has 6 heteroatoms. The number of carbonyl (C=O) groups excluding carboxylic acids is 3. The highest BCUT2D eigenvalue weighted by Gasteiger charge is 2.47. The van der Waals surface area contributed by atoms with Gasteiger partial charge in [0.05, 0.1) is 0 Å².